The average molecular weight is 284 g/mol. The summed E-state index contributed by atoms with van der Waals surface area (Å²) >= 11 is 0. The maximum Gasteiger partial charge on any atom is 0.322 e. The first-order valence-corrected chi connectivity index (χ1v) is 6.20. The highest BCUT2D eigenvalue weighted by Gasteiger charge is 2.30. The first-order chi connectivity index (χ1) is 9.05. The third kappa shape index (κ3) is 3.32. The highest BCUT2D eigenvalue weighted by Crippen LogP contribution is 2.22. The summed E-state index contributed by atoms with van der Waals surface area (Å²) in [4.78, 5) is 22.4. The minimum Gasteiger partial charge on any atom is -0.391 e. The first-order valence-electron chi connectivity index (χ1n) is 6.20. The standard InChI is InChI=1S/C12H20N4O4/c1-7-9(16(19)20)10(15(5)14-7)11(18)13-6-8(17)12(2,3)4/h8,17H,6H2,1-5H3,(H,13,18). The molecule has 0 aliphatic carbocycles. The van der Waals surface area contributed by atoms with Crippen LogP contribution in [0.15, 0.2) is 0 Å². The van der Waals surface area contributed by atoms with Crippen molar-refractivity contribution in [3.05, 3.63) is 21.5 Å². The van der Waals surface area contributed by atoms with Gasteiger partial charge in [0.05, 0.1) is 11.0 Å². The molecule has 0 aliphatic rings. The van der Waals surface area contributed by atoms with Gasteiger partial charge < -0.3 is 10.4 Å². The zero-order chi connectivity index (χ0) is 15.7. The molecule has 2 N–H and O–H groups in total. The summed E-state index contributed by atoms with van der Waals surface area (Å²) in [5.74, 6) is -0.622. The molecular weight excluding hydrogens is 264 g/mol. The lowest BCUT2D eigenvalue weighted by atomic mass is 9.89. The molecule has 1 aromatic heterocycles. The lowest BCUT2D eigenvalue weighted by molar-refractivity contribution is -0.385. The van der Waals surface area contributed by atoms with Gasteiger partial charge in [-0.3, -0.25) is 19.6 Å². The number of aliphatic hydroxyl groups excluding tert-OH is 1. The lowest BCUT2D eigenvalue weighted by Crippen LogP contribution is -2.39. The van der Waals surface area contributed by atoms with Crippen molar-refractivity contribution < 1.29 is 14.8 Å². The molecule has 1 heterocycles. The summed E-state index contributed by atoms with van der Waals surface area (Å²) in [6, 6.07) is 0. The molecule has 0 spiro atoms. The highest BCUT2D eigenvalue weighted by molar-refractivity contribution is 5.96. The second kappa shape index (κ2) is 5.58. The van der Waals surface area contributed by atoms with Crippen LogP contribution in [0.25, 0.3) is 0 Å². The Bertz CT molecular complexity index is 530. The lowest BCUT2D eigenvalue weighted by Gasteiger charge is -2.25. The summed E-state index contributed by atoms with van der Waals surface area (Å²) in [7, 11) is 1.47. The molecule has 1 rings (SSSR count). The van der Waals surface area contributed by atoms with E-state index in [4.69, 9.17) is 0 Å². The van der Waals surface area contributed by atoms with Crippen LogP contribution in [0.3, 0.4) is 0 Å². The predicted molar refractivity (Wildman–Crippen MR) is 72.4 cm³/mol. The van der Waals surface area contributed by atoms with Crippen LogP contribution in [0, 0.1) is 22.5 Å². The molecule has 0 saturated carbocycles. The molecule has 1 atom stereocenters. The average Bonchev–Trinajstić information content (AvgIpc) is 2.59. The van der Waals surface area contributed by atoms with Crippen molar-refractivity contribution in [3.8, 4) is 0 Å². The molecular formula is C12H20N4O4. The summed E-state index contributed by atoms with van der Waals surface area (Å²) in [6.07, 6.45) is -0.750. The maximum absolute atomic E-state index is 12.0. The molecule has 1 unspecified atom stereocenters. The van der Waals surface area contributed by atoms with E-state index in [-0.39, 0.29) is 29.0 Å². The fraction of sp³-hybridized carbons (Fsp3) is 0.667. The van der Waals surface area contributed by atoms with Gasteiger partial charge in [0.2, 0.25) is 5.69 Å². The second-order valence-electron chi connectivity index (χ2n) is 5.76. The normalized spacial score (nSPS) is 13.1. The summed E-state index contributed by atoms with van der Waals surface area (Å²) < 4.78 is 1.17. The number of hydrogen-bond donors (Lipinski definition) is 2. The number of aliphatic hydroxyl groups is 1. The monoisotopic (exact) mass is 284 g/mol. The number of aromatic nitrogens is 2. The van der Waals surface area contributed by atoms with Gasteiger partial charge in [-0.25, -0.2) is 0 Å². The molecule has 0 saturated heterocycles. The highest BCUT2D eigenvalue weighted by atomic mass is 16.6. The van der Waals surface area contributed by atoms with Gasteiger partial charge in [0.1, 0.15) is 5.69 Å². The van der Waals surface area contributed by atoms with Crippen molar-refractivity contribution in [1.82, 2.24) is 15.1 Å². The van der Waals surface area contributed by atoms with Gasteiger partial charge in [-0.2, -0.15) is 5.10 Å². The van der Waals surface area contributed by atoms with Crippen molar-refractivity contribution >= 4 is 11.6 Å². The van der Waals surface area contributed by atoms with Gasteiger partial charge in [-0.1, -0.05) is 20.8 Å². The number of nitrogens with zero attached hydrogens (tertiary/aromatic N) is 3. The first kappa shape index (κ1) is 16.1. The number of hydrogen-bond acceptors (Lipinski definition) is 5. The zero-order valence-corrected chi connectivity index (χ0v) is 12.3. The topological polar surface area (TPSA) is 110 Å². The van der Waals surface area contributed by atoms with Crippen LogP contribution >= 0.6 is 0 Å². The van der Waals surface area contributed by atoms with Gasteiger partial charge >= 0.3 is 5.69 Å². The van der Waals surface area contributed by atoms with Crippen LogP contribution in [0.4, 0.5) is 5.69 Å². The number of aryl methyl sites for hydroxylation is 2. The quantitative estimate of drug-likeness (QED) is 0.627. The molecule has 0 aromatic carbocycles. The molecule has 0 radical (unpaired) electrons. The van der Waals surface area contributed by atoms with Crippen LogP contribution in [0.1, 0.15) is 37.0 Å². The molecule has 20 heavy (non-hydrogen) atoms. The van der Waals surface area contributed by atoms with Crippen LogP contribution < -0.4 is 5.32 Å². The molecule has 0 fully saturated rings. The van der Waals surface area contributed by atoms with E-state index in [1.165, 1.54) is 18.7 Å². The van der Waals surface area contributed by atoms with Gasteiger partial charge in [-0.05, 0) is 12.3 Å². The van der Waals surface area contributed by atoms with Gasteiger partial charge in [-0.15, -0.1) is 0 Å². The number of carbonyl (C=O) groups excluding carboxylic acids is 1. The second-order valence-corrected chi connectivity index (χ2v) is 5.76. The predicted octanol–water partition coefficient (Wildman–Crippen LogP) is 0.774. The van der Waals surface area contributed by atoms with Crippen LogP contribution in [-0.4, -0.2) is 38.4 Å². The van der Waals surface area contributed by atoms with Crippen molar-refractivity contribution in [2.24, 2.45) is 12.5 Å². The Labute approximate surface area is 116 Å². The number of nitrogens with one attached hydrogen (secondary N) is 1. The molecule has 0 bridgehead atoms. The molecule has 8 nitrogen and oxygen atoms in total. The summed E-state index contributed by atoms with van der Waals surface area (Å²) in [5.41, 5.74) is -0.635. The Balaban J connectivity index is 2.92. The van der Waals surface area contributed by atoms with Gasteiger partial charge in [0.15, 0.2) is 0 Å². The minimum absolute atomic E-state index is 0.0176. The van der Waals surface area contributed by atoms with Crippen LogP contribution in [-0.2, 0) is 7.05 Å². The number of carbonyl (C=O) groups is 1. The Morgan fingerprint density at radius 1 is 1.55 bits per heavy atom. The Hall–Kier alpha value is -1.96. The van der Waals surface area contributed by atoms with E-state index in [0.717, 1.165) is 0 Å². The van der Waals surface area contributed by atoms with E-state index < -0.39 is 16.9 Å². The van der Waals surface area contributed by atoms with Gasteiger partial charge in [0, 0.05) is 13.6 Å². The molecule has 0 aliphatic heterocycles. The molecule has 1 amide bonds. The minimum atomic E-state index is -0.750. The van der Waals surface area contributed by atoms with Crippen LogP contribution in [0.2, 0.25) is 0 Å². The largest absolute Gasteiger partial charge is 0.391 e. The number of rotatable bonds is 4. The van der Waals surface area contributed by atoms with E-state index in [1.807, 2.05) is 20.8 Å². The zero-order valence-electron chi connectivity index (χ0n) is 12.3. The van der Waals surface area contributed by atoms with E-state index in [2.05, 4.69) is 10.4 Å². The Morgan fingerprint density at radius 3 is 2.55 bits per heavy atom. The molecule has 8 heteroatoms. The van der Waals surface area contributed by atoms with E-state index in [1.54, 1.807) is 0 Å². The number of nitro groups is 1. The number of amides is 1. The molecule has 1 aromatic rings. The van der Waals surface area contributed by atoms with Crippen molar-refractivity contribution in [2.75, 3.05) is 6.54 Å². The van der Waals surface area contributed by atoms with Crippen LogP contribution in [0.5, 0.6) is 0 Å². The van der Waals surface area contributed by atoms with Crippen molar-refractivity contribution in [1.29, 1.82) is 0 Å². The summed E-state index contributed by atoms with van der Waals surface area (Å²) in [6.45, 7) is 6.99. The fourth-order valence-electron chi connectivity index (χ4n) is 1.70. The maximum atomic E-state index is 12.0. The third-order valence-corrected chi connectivity index (χ3v) is 3.04. The van der Waals surface area contributed by atoms with Gasteiger partial charge in [0.25, 0.3) is 5.91 Å². The third-order valence-electron chi connectivity index (χ3n) is 3.04. The summed E-state index contributed by atoms with van der Waals surface area (Å²) in [5, 5.41) is 27.2. The fourth-order valence-corrected chi connectivity index (χ4v) is 1.70. The van der Waals surface area contributed by atoms with Crippen molar-refractivity contribution in [2.45, 2.75) is 33.8 Å². The SMILES string of the molecule is Cc1nn(C)c(C(=O)NCC(O)C(C)(C)C)c1[N+](=O)[O-]. The Morgan fingerprint density at radius 2 is 2.10 bits per heavy atom. The smallest absolute Gasteiger partial charge is 0.322 e. The van der Waals surface area contributed by atoms with E-state index >= 15 is 0 Å². The van der Waals surface area contributed by atoms with Crippen molar-refractivity contribution in [3.63, 3.8) is 0 Å². The Kier molecular flexibility index (Phi) is 4.49. The van der Waals surface area contributed by atoms with E-state index in [9.17, 15) is 20.0 Å². The van der Waals surface area contributed by atoms with E-state index in [0.29, 0.717) is 0 Å². The molecule has 112 valence electrons.